The first-order valence-electron chi connectivity index (χ1n) is 8.97. The molecule has 5 nitrogen and oxygen atoms in total. The summed E-state index contributed by atoms with van der Waals surface area (Å²) < 4.78 is 37.5. The van der Waals surface area contributed by atoms with Gasteiger partial charge in [-0.2, -0.15) is 13.2 Å². The number of piperazine rings is 1. The number of halogens is 3. The second-order valence-electron chi connectivity index (χ2n) is 6.88. The number of nitrogens with zero attached hydrogens (tertiary/aromatic N) is 3. The number of benzene rings is 1. The van der Waals surface area contributed by atoms with Crippen molar-refractivity contribution in [1.82, 2.24) is 19.8 Å². The van der Waals surface area contributed by atoms with E-state index >= 15 is 0 Å². The van der Waals surface area contributed by atoms with Crippen molar-refractivity contribution in [1.29, 1.82) is 0 Å². The van der Waals surface area contributed by atoms with Crippen molar-refractivity contribution < 1.29 is 13.2 Å². The van der Waals surface area contributed by atoms with Gasteiger partial charge >= 0.3 is 6.18 Å². The number of alkyl halides is 3. The Morgan fingerprint density at radius 3 is 2.43 bits per heavy atom. The summed E-state index contributed by atoms with van der Waals surface area (Å²) in [5.74, 6) is 0.545. The van der Waals surface area contributed by atoms with Crippen molar-refractivity contribution in [3.8, 4) is 10.4 Å². The number of hydrogen-bond acceptors (Lipinski definition) is 5. The minimum Gasteiger partial charge on any atom is -0.309 e. The molecule has 0 atom stereocenters. The molecule has 2 aromatic heterocycles. The van der Waals surface area contributed by atoms with Crippen LogP contribution in [0.1, 0.15) is 5.82 Å². The molecule has 3 heterocycles. The van der Waals surface area contributed by atoms with E-state index in [4.69, 9.17) is 0 Å². The monoisotopic (exact) mass is 408 g/mol. The fraction of sp³-hybridized carbons (Fsp3) is 0.368. The van der Waals surface area contributed by atoms with Crippen LogP contribution in [0.2, 0.25) is 0 Å². The van der Waals surface area contributed by atoms with Crippen LogP contribution in [0, 0.1) is 0 Å². The van der Waals surface area contributed by atoms with Crippen molar-refractivity contribution >= 4 is 21.6 Å². The van der Waals surface area contributed by atoms with E-state index in [2.05, 4.69) is 9.97 Å². The van der Waals surface area contributed by atoms with Gasteiger partial charge in [0.15, 0.2) is 0 Å². The number of aromatic nitrogens is 2. The van der Waals surface area contributed by atoms with Crippen LogP contribution in [-0.2, 0) is 6.54 Å². The highest BCUT2D eigenvalue weighted by atomic mass is 32.1. The molecule has 0 unspecified atom stereocenters. The van der Waals surface area contributed by atoms with Gasteiger partial charge in [0.05, 0.1) is 18.5 Å². The molecular formula is C19H19F3N4OS. The Hall–Kier alpha value is -2.23. The first-order chi connectivity index (χ1) is 13.4. The van der Waals surface area contributed by atoms with E-state index < -0.39 is 12.7 Å². The zero-order valence-corrected chi connectivity index (χ0v) is 15.8. The fourth-order valence-electron chi connectivity index (χ4n) is 3.37. The average molecular weight is 408 g/mol. The number of rotatable bonds is 4. The van der Waals surface area contributed by atoms with Gasteiger partial charge in [0.1, 0.15) is 10.7 Å². The normalized spacial score (nSPS) is 16.7. The lowest BCUT2D eigenvalue weighted by Crippen LogP contribution is -2.48. The summed E-state index contributed by atoms with van der Waals surface area (Å²) in [7, 11) is 0. The van der Waals surface area contributed by atoms with Gasteiger partial charge in [0.2, 0.25) is 0 Å². The molecule has 0 bridgehead atoms. The minimum absolute atomic E-state index is 0.186. The first-order valence-corrected chi connectivity index (χ1v) is 9.79. The second kappa shape index (κ2) is 7.65. The topological polar surface area (TPSA) is 52.2 Å². The third kappa shape index (κ3) is 4.43. The van der Waals surface area contributed by atoms with E-state index in [1.807, 2.05) is 41.3 Å². The van der Waals surface area contributed by atoms with Gasteiger partial charge in [-0.05, 0) is 11.6 Å². The van der Waals surface area contributed by atoms with Crippen LogP contribution in [0.4, 0.5) is 13.2 Å². The Kier molecular flexibility index (Phi) is 5.22. The zero-order chi connectivity index (χ0) is 19.7. The number of aromatic amines is 1. The summed E-state index contributed by atoms with van der Waals surface area (Å²) in [4.78, 5) is 24.9. The van der Waals surface area contributed by atoms with Gasteiger partial charge in [0, 0.05) is 31.1 Å². The summed E-state index contributed by atoms with van der Waals surface area (Å²) in [5.41, 5.74) is 0.848. The molecule has 9 heteroatoms. The van der Waals surface area contributed by atoms with Crippen LogP contribution in [0.15, 0.2) is 41.2 Å². The molecule has 4 rings (SSSR count). The first kappa shape index (κ1) is 19.1. The van der Waals surface area contributed by atoms with Gasteiger partial charge in [-0.15, -0.1) is 11.3 Å². The Morgan fingerprint density at radius 2 is 1.75 bits per heavy atom. The van der Waals surface area contributed by atoms with Gasteiger partial charge < -0.3 is 4.98 Å². The van der Waals surface area contributed by atoms with Crippen molar-refractivity contribution in [3.63, 3.8) is 0 Å². The lowest BCUT2D eigenvalue weighted by atomic mass is 10.2. The van der Waals surface area contributed by atoms with Crippen molar-refractivity contribution in [2.75, 3.05) is 32.7 Å². The number of thiophene rings is 1. The largest absolute Gasteiger partial charge is 0.401 e. The standard InChI is InChI=1S/C19H19F3N4OS/c20-19(21,22)12-26-8-6-25(7-9-26)11-16-23-17(27)14-10-15(28-18(14)24-16)13-4-2-1-3-5-13/h1-5,10H,6-9,11-12H2,(H,23,24,27). The number of H-pyrrole nitrogens is 1. The van der Waals surface area contributed by atoms with Crippen LogP contribution in [0.5, 0.6) is 0 Å². The molecule has 0 radical (unpaired) electrons. The quantitative estimate of drug-likeness (QED) is 0.720. The van der Waals surface area contributed by atoms with Crippen molar-refractivity contribution in [2.45, 2.75) is 12.7 Å². The number of hydrogen-bond donors (Lipinski definition) is 1. The van der Waals surface area contributed by atoms with E-state index in [-0.39, 0.29) is 5.56 Å². The highest BCUT2D eigenvalue weighted by Crippen LogP contribution is 2.30. The second-order valence-corrected chi connectivity index (χ2v) is 7.91. The van der Waals surface area contributed by atoms with Crippen LogP contribution < -0.4 is 5.56 Å². The predicted molar refractivity (Wildman–Crippen MR) is 103 cm³/mol. The maximum Gasteiger partial charge on any atom is 0.401 e. The smallest absolute Gasteiger partial charge is 0.309 e. The molecule has 28 heavy (non-hydrogen) atoms. The van der Waals surface area contributed by atoms with Crippen LogP contribution in [0.25, 0.3) is 20.7 Å². The van der Waals surface area contributed by atoms with Crippen LogP contribution in [0.3, 0.4) is 0 Å². The summed E-state index contributed by atoms with van der Waals surface area (Å²) >= 11 is 1.46. The Balaban J connectivity index is 1.47. The molecule has 1 aliphatic rings. The summed E-state index contributed by atoms with van der Waals surface area (Å²) in [6, 6.07) is 11.7. The minimum atomic E-state index is -4.17. The highest BCUT2D eigenvalue weighted by Gasteiger charge is 2.32. The van der Waals surface area contributed by atoms with E-state index in [0.29, 0.717) is 48.8 Å². The zero-order valence-electron chi connectivity index (χ0n) is 15.0. The summed E-state index contributed by atoms with van der Waals surface area (Å²) in [5, 5.41) is 0.558. The van der Waals surface area contributed by atoms with Crippen LogP contribution >= 0.6 is 11.3 Å². The van der Waals surface area contributed by atoms with E-state index in [1.165, 1.54) is 16.2 Å². The third-order valence-corrected chi connectivity index (χ3v) is 5.83. The lowest BCUT2D eigenvalue weighted by Gasteiger charge is -2.34. The maximum absolute atomic E-state index is 12.5. The summed E-state index contributed by atoms with van der Waals surface area (Å²) in [6.45, 7) is 1.27. The Labute approximate surface area is 163 Å². The Morgan fingerprint density at radius 1 is 1.07 bits per heavy atom. The third-order valence-electron chi connectivity index (χ3n) is 4.75. The van der Waals surface area contributed by atoms with Crippen molar-refractivity contribution in [2.24, 2.45) is 0 Å². The van der Waals surface area contributed by atoms with Crippen LogP contribution in [-0.4, -0.2) is 58.7 Å². The predicted octanol–water partition coefficient (Wildman–Crippen LogP) is 3.33. The molecule has 0 aliphatic carbocycles. The molecule has 1 aromatic carbocycles. The average Bonchev–Trinajstić information content (AvgIpc) is 3.08. The van der Waals surface area contributed by atoms with E-state index in [9.17, 15) is 18.0 Å². The molecule has 148 valence electrons. The SMILES string of the molecule is O=c1[nH]c(CN2CCN(CC(F)(F)F)CC2)nc2sc(-c3ccccc3)cc12. The van der Waals surface area contributed by atoms with Gasteiger partial charge in [-0.25, -0.2) is 4.98 Å². The van der Waals surface area contributed by atoms with Crippen molar-refractivity contribution in [3.05, 3.63) is 52.6 Å². The summed E-state index contributed by atoms with van der Waals surface area (Å²) in [6.07, 6.45) is -4.17. The number of fused-ring (bicyclic) bond motifs is 1. The maximum atomic E-state index is 12.5. The van der Waals surface area contributed by atoms with Gasteiger partial charge in [-0.3, -0.25) is 14.6 Å². The fourth-order valence-corrected chi connectivity index (χ4v) is 4.42. The molecule has 1 saturated heterocycles. The van der Waals surface area contributed by atoms with Gasteiger partial charge in [0.25, 0.3) is 5.56 Å². The molecule has 3 aromatic rings. The number of nitrogens with one attached hydrogen (secondary N) is 1. The van der Waals surface area contributed by atoms with Gasteiger partial charge in [-0.1, -0.05) is 30.3 Å². The molecule has 1 fully saturated rings. The molecule has 0 saturated carbocycles. The Bertz CT molecular complexity index is 1010. The lowest BCUT2D eigenvalue weighted by molar-refractivity contribution is -0.149. The highest BCUT2D eigenvalue weighted by molar-refractivity contribution is 7.21. The molecule has 1 aliphatic heterocycles. The molecule has 0 amide bonds. The molecule has 0 spiro atoms. The molecule has 1 N–H and O–H groups in total. The van der Waals surface area contributed by atoms with E-state index in [1.54, 1.807) is 0 Å². The van der Waals surface area contributed by atoms with E-state index in [0.717, 1.165) is 10.4 Å². The molecular weight excluding hydrogens is 389 g/mol.